The van der Waals surface area contributed by atoms with Gasteiger partial charge < -0.3 is 0 Å². The molecule has 3 aliphatic carbocycles. The van der Waals surface area contributed by atoms with E-state index in [2.05, 4.69) is 26.2 Å². The molecule has 3 fully saturated rings. The zero-order valence-electron chi connectivity index (χ0n) is 26.9. The molecule has 1 heterocycles. The van der Waals surface area contributed by atoms with Gasteiger partial charge in [0.2, 0.25) is 0 Å². The van der Waals surface area contributed by atoms with Crippen LogP contribution in [0.1, 0.15) is 204 Å². The van der Waals surface area contributed by atoms with Gasteiger partial charge in [0.1, 0.15) is 5.82 Å². The highest BCUT2D eigenvalue weighted by Gasteiger charge is 2.31. The topological polar surface area (TPSA) is 25.8 Å². The quantitative estimate of drug-likeness (QED) is 0.180. The van der Waals surface area contributed by atoms with Crippen molar-refractivity contribution >= 4 is 0 Å². The van der Waals surface area contributed by atoms with Crippen LogP contribution in [-0.2, 0) is 0 Å². The molecule has 1 aromatic rings. The highest BCUT2D eigenvalue weighted by Crippen LogP contribution is 2.44. The molecule has 0 spiro atoms. The molecule has 0 unspecified atom stereocenters. The molecule has 1 aromatic heterocycles. The van der Waals surface area contributed by atoms with Crippen molar-refractivity contribution < 1.29 is 0 Å². The Balaban J connectivity index is 1.08. The van der Waals surface area contributed by atoms with Crippen LogP contribution in [0.3, 0.4) is 0 Å². The number of hydrogen-bond donors (Lipinski definition) is 0. The van der Waals surface area contributed by atoms with E-state index in [1.165, 1.54) is 173 Å². The number of aromatic nitrogens is 2. The van der Waals surface area contributed by atoms with Gasteiger partial charge in [-0.3, -0.25) is 0 Å². The number of hydrogen-bond acceptors (Lipinski definition) is 2. The largest absolute Gasteiger partial charge is 0.241 e. The summed E-state index contributed by atoms with van der Waals surface area (Å²) >= 11 is 0. The highest BCUT2D eigenvalue weighted by molar-refractivity contribution is 5.14. The van der Waals surface area contributed by atoms with E-state index < -0.39 is 0 Å². The van der Waals surface area contributed by atoms with Crippen molar-refractivity contribution in [3.05, 3.63) is 23.8 Å². The van der Waals surface area contributed by atoms with Gasteiger partial charge in [-0.15, -0.1) is 0 Å². The van der Waals surface area contributed by atoms with Crippen molar-refractivity contribution in [1.29, 1.82) is 0 Å². The van der Waals surface area contributed by atoms with Crippen molar-refractivity contribution in [2.75, 3.05) is 0 Å². The molecule has 4 rings (SSSR count). The monoisotopic (exact) mass is 551 g/mol. The molecule has 228 valence electrons. The lowest BCUT2D eigenvalue weighted by molar-refractivity contribution is 0.155. The second-order valence-corrected chi connectivity index (χ2v) is 14.6. The van der Waals surface area contributed by atoms with Crippen LogP contribution >= 0.6 is 0 Å². The van der Waals surface area contributed by atoms with E-state index in [1.807, 2.05) is 0 Å². The summed E-state index contributed by atoms with van der Waals surface area (Å²) in [6.07, 6.45) is 41.9. The average Bonchev–Trinajstić information content (AvgIpc) is 3.01. The Bertz CT molecular complexity index is 748. The summed E-state index contributed by atoms with van der Waals surface area (Å²) in [5.74, 6) is 6.50. The fraction of sp³-hybridized carbons (Fsp3) is 0.895. The second-order valence-electron chi connectivity index (χ2n) is 14.6. The maximum absolute atomic E-state index is 4.95. The third-order valence-corrected chi connectivity index (χ3v) is 11.6. The van der Waals surface area contributed by atoms with Gasteiger partial charge in [0, 0.05) is 18.3 Å². The highest BCUT2D eigenvalue weighted by atomic mass is 14.9. The van der Waals surface area contributed by atoms with Crippen LogP contribution in [0.25, 0.3) is 0 Å². The van der Waals surface area contributed by atoms with Gasteiger partial charge >= 0.3 is 0 Å². The van der Waals surface area contributed by atoms with Gasteiger partial charge in [-0.1, -0.05) is 117 Å². The zero-order chi connectivity index (χ0) is 27.8. The van der Waals surface area contributed by atoms with Crippen LogP contribution in [0.4, 0.5) is 0 Å². The van der Waals surface area contributed by atoms with Gasteiger partial charge in [-0.05, 0) is 99.4 Å². The number of nitrogens with zero attached hydrogens (tertiary/aromatic N) is 2. The van der Waals surface area contributed by atoms with Crippen molar-refractivity contribution in [3.63, 3.8) is 0 Å². The second kappa shape index (κ2) is 18.6. The maximum Gasteiger partial charge on any atom is 0.131 e. The summed E-state index contributed by atoms with van der Waals surface area (Å²) in [5.41, 5.74) is 1.43. The fourth-order valence-corrected chi connectivity index (χ4v) is 8.78. The molecule has 0 aliphatic heterocycles. The predicted molar refractivity (Wildman–Crippen MR) is 173 cm³/mol. The first-order chi connectivity index (χ1) is 19.8. The van der Waals surface area contributed by atoms with E-state index in [0.29, 0.717) is 11.8 Å². The Morgan fingerprint density at radius 2 is 0.875 bits per heavy atom. The summed E-state index contributed by atoms with van der Waals surface area (Å²) in [4.78, 5) is 9.91. The van der Waals surface area contributed by atoms with Crippen LogP contribution in [0, 0.1) is 23.7 Å². The van der Waals surface area contributed by atoms with Crippen LogP contribution < -0.4 is 0 Å². The third-order valence-electron chi connectivity index (χ3n) is 11.6. The molecule has 0 bridgehead atoms. The van der Waals surface area contributed by atoms with Crippen molar-refractivity contribution in [1.82, 2.24) is 9.97 Å². The van der Waals surface area contributed by atoms with Crippen LogP contribution in [0.5, 0.6) is 0 Å². The molecule has 3 saturated carbocycles. The maximum atomic E-state index is 4.95. The molecular formula is C38H66N2. The van der Waals surface area contributed by atoms with E-state index in [-0.39, 0.29) is 0 Å². The average molecular weight is 551 g/mol. The van der Waals surface area contributed by atoms with Gasteiger partial charge in [0.05, 0.1) is 0 Å². The Morgan fingerprint density at radius 1 is 0.475 bits per heavy atom. The number of unbranched alkanes of at least 4 members (excludes halogenated alkanes) is 10. The van der Waals surface area contributed by atoms with E-state index in [0.717, 1.165) is 29.5 Å². The smallest absolute Gasteiger partial charge is 0.131 e. The first-order valence-electron chi connectivity index (χ1n) is 18.6. The van der Waals surface area contributed by atoms with E-state index >= 15 is 0 Å². The lowest BCUT2D eigenvalue weighted by atomic mass is 9.68. The zero-order valence-corrected chi connectivity index (χ0v) is 26.9. The minimum Gasteiger partial charge on any atom is -0.241 e. The third kappa shape index (κ3) is 10.7. The molecule has 2 heteroatoms. The molecule has 0 N–H and O–H groups in total. The first kappa shape index (κ1) is 32.0. The van der Waals surface area contributed by atoms with Gasteiger partial charge in [-0.25, -0.2) is 9.97 Å². The molecule has 0 atom stereocenters. The van der Waals surface area contributed by atoms with E-state index in [1.54, 1.807) is 0 Å². The molecule has 0 radical (unpaired) electrons. The van der Waals surface area contributed by atoms with Crippen molar-refractivity contribution in [2.24, 2.45) is 23.7 Å². The molecule has 0 saturated heterocycles. The standard InChI is InChI=1S/C38H66N2/c1-3-5-7-9-10-12-14-16-31-17-21-33(22-18-31)34-25-27-35(28-26-34)37-29-39-38(40-30-37)36-23-19-32(20-24-36)15-13-11-8-6-4-2/h29-36H,3-28H2,1-2H3. The lowest BCUT2D eigenvalue weighted by Crippen LogP contribution is -2.25. The Morgan fingerprint density at radius 3 is 1.38 bits per heavy atom. The Labute approximate surface area is 249 Å². The van der Waals surface area contributed by atoms with Crippen LogP contribution in [0.15, 0.2) is 12.4 Å². The molecule has 40 heavy (non-hydrogen) atoms. The van der Waals surface area contributed by atoms with Crippen molar-refractivity contribution in [3.8, 4) is 0 Å². The SMILES string of the molecule is CCCCCCCCCC1CCC(C2CCC(c3cnc(C4CCC(CCCCCCC)CC4)nc3)CC2)CC1. The number of rotatable bonds is 17. The first-order valence-corrected chi connectivity index (χ1v) is 18.6. The van der Waals surface area contributed by atoms with E-state index in [9.17, 15) is 0 Å². The van der Waals surface area contributed by atoms with E-state index in [4.69, 9.17) is 9.97 Å². The summed E-state index contributed by atoms with van der Waals surface area (Å²) in [5, 5.41) is 0. The van der Waals surface area contributed by atoms with Gasteiger partial charge in [0.15, 0.2) is 0 Å². The Kier molecular flexibility index (Phi) is 14.9. The molecular weight excluding hydrogens is 484 g/mol. The normalized spacial score (nSPS) is 29.4. The van der Waals surface area contributed by atoms with Crippen molar-refractivity contribution in [2.45, 2.75) is 193 Å². The lowest BCUT2D eigenvalue weighted by Gasteiger charge is -2.38. The van der Waals surface area contributed by atoms with Gasteiger partial charge in [0.25, 0.3) is 0 Å². The summed E-state index contributed by atoms with van der Waals surface area (Å²) in [6, 6.07) is 0. The van der Waals surface area contributed by atoms with Gasteiger partial charge in [-0.2, -0.15) is 0 Å². The summed E-state index contributed by atoms with van der Waals surface area (Å²) < 4.78 is 0. The van der Waals surface area contributed by atoms with Crippen LogP contribution in [-0.4, -0.2) is 9.97 Å². The summed E-state index contributed by atoms with van der Waals surface area (Å²) in [7, 11) is 0. The molecule has 3 aliphatic rings. The fourth-order valence-electron chi connectivity index (χ4n) is 8.78. The Hall–Kier alpha value is -0.920. The minimum absolute atomic E-state index is 0.613. The predicted octanol–water partition coefficient (Wildman–Crippen LogP) is 12.3. The minimum atomic E-state index is 0.613. The summed E-state index contributed by atoms with van der Waals surface area (Å²) in [6.45, 7) is 4.63. The van der Waals surface area contributed by atoms with Crippen LogP contribution in [0.2, 0.25) is 0 Å². The molecule has 0 aromatic carbocycles. The molecule has 0 amide bonds. The molecule has 2 nitrogen and oxygen atoms in total.